The minimum absolute atomic E-state index is 0.154. The third-order valence-electron chi connectivity index (χ3n) is 4.42. The second kappa shape index (κ2) is 7.13. The van der Waals surface area contributed by atoms with Gasteiger partial charge in [0.2, 0.25) is 0 Å². The number of carbonyl (C=O) groups is 1. The highest BCUT2D eigenvalue weighted by molar-refractivity contribution is 7.17. The Balaban J connectivity index is 1.65. The summed E-state index contributed by atoms with van der Waals surface area (Å²) in [6.07, 6.45) is 3.20. The Hall–Kier alpha value is -2.97. The number of nitrogens with one attached hydrogen (secondary N) is 2. The minimum Gasteiger partial charge on any atom is -0.321 e. The summed E-state index contributed by atoms with van der Waals surface area (Å²) in [4.78, 5) is 33.7. The number of aromatic amines is 1. The third-order valence-corrected chi connectivity index (χ3v) is 5.53. The zero-order valence-electron chi connectivity index (χ0n) is 16.0. The Morgan fingerprint density at radius 2 is 1.97 bits per heavy atom. The monoisotopic (exact) mass is 427 g/mol. The largest absolute Gasteiger partial charge is 0.321 e. The normalized spacial score (nSPS) is 11.7. The van der Waals surface area contributed by atoms with Crippen LogP contribution < -0.4 is 10.9 Å². The highest BCUT2D eigenvalue weighted by atomic mass is 35.5. The zero-order chi connectivity index (χ0) is 20.8. The van der Waals surface area contributed by atoms with E-state index in [1.54, 1.807) is 24.4 Å². The van der Waals surface area contributed by atoms with Crippen LogP contribution in [-0.4, -0.2) is 25.5 Å². The first-order chi connectivity index (χ1) is 13.7. The number of anilines is 1. The zero-order valence-corrected chi connectivity index (χ0v) is 17.6. The smallest absolute Gasteiger partial charge is 0.272 e. The number of carbonyl (C=O) groups excluding carboxylic acids is 1. The van der Waals surface area contributed by atoms with Crippen LogP contribution in [0.4, 0.5) is 5.69 Å². The van der Waals surface area contributed by atoms with Crippen LogP contribution in [0.15, 0.2) is 47.5 Å². The van der Waals surface area contributed by atoms with Gasteiger partial charge in [-0.25, -0.2) is 14.5 Å². The predicted octanol–water partition coefficient (Wildman–Crippen LogP) is 4.35. The number of aromatic nitrogens is 4. The molecule has 0 fully saturated rings. The average molecular weight is 428 g/mol. The standard InChI is InChI=1S/C20H18ClN5O2S/c1-20(2,3)15-8-16(27)26-17(25-15)13(9-23-26)11-4-6-12(7-5-11)24-18(28)14-10-22-19(21)29-14/h4-10,23H,1-3H3,(H,24,28). The van der Waals surface area contributed by atoms with Crippen LogP contribution in [0.5, 0.6) is 0 Å². The van der Waals surface area contributed by atoms with Crippen molar-refractivity contribution >= 4 is 40.2 Å². The Bertz CT molecular complexity index is 1260. The molecule has 0 radical (unpaired) electrons. The van der Waals surface area contributed by atoms with Gasteiger partial charge in [-0.15, -0.1) is 0 Å². The summed E-state index contributed by atoms with van der Waals surface area (Å²) in [7, 11) is 0. The van der Waals surface area contributed by atoms with Gasteiger partial charge < -0.3 is 5.32 Å². The summed E-state index contributed by atoms with van der Waals surface area (Å²) < 4.78 is 1.75. The van der Waals surface area contributed by atoms with Gasteiger partial charge in [-0.3, -0.25) is 14.7 Å². The molecular weight excluding hydrogens is 410 g/mol. The molecule has 1 aromatic carbocycles. The van der Waals surface area contributed by atoms with Crippen molar-refractivity contribution < 1.29 is 4.79 Å². The van der Waals surface area contributed by atoms with Gasteiger partial charge in [-0.05, 0) is 17.7 Å². The van der Waals surface area contributed by atoms with Crippen LogP contribution in [0.2, 0.25) is 4.47 Å². The molecule has 4 aromatic rings. The lowest BCUT2D eigenvalue weighted by atomic mass is 9.92. The molecular formula is C20H18ClN5O2S. The van der Waals surface area contributed by atoms with Crippen LogP contribution in [0.1, 0.15) is 36.1 Å². The highest BCUT2D eigenvalue weighted by Crippen LogP contribution is 2.27. The molecule has 3 aromatic heterocycles. The number of halogens is 1. The third kappa shape index (κ3) is 3.81. The van der Waals surface area contributed by atoms with Crippen molar-refractivity contribution in [2.24, 2.45) is 0 Å². The molecule has 0 unspecified atom stereocenters. The molecule has 4 rings (SSSR count). The molecule has 0 aliphatic carbocycles. The van der Waals surface area contributed by atoms with Gasteiger partial charge in [0.05, 0.1) is 11.9 Å². The fourth-order valence-corrected chi connectivity index (χ4v) is 3.70. The van der Waals surface area contributed by atoms with Crippen molar-refractivity contribution in [3.05, 3.63) is 68.1 Å². The number of thiazole rings is 1. The number of fused-ring (bicyclic) bond motifs is 1. The van der Waals surface area contributed by atoms with E-state index in [4.69, 9.17) is 16.6 Å². The molecule has 0 spiro atoms. The molecule has 0 atom stereocenters. The van der Waals surface area contributed by atoms with Crippen LogP contribution in [0.3, 0.4) is 0 Å². The van der Waals surface area contributed by atoms with E-state index in [0.717, 1.165) is 28.2 Å². The van der Waals surface area contributed by atoms with Crippen molar-refractivity contribution in [2.75, 3.05) is 5.32 Å². The van der Waals surface area contributed by atoms with Crippen molar-refractivity contribution in [3.8, 4) is 11.1 Å². The lowest BCUT2D eigenvalue weighted by Gasteiger charge is -2.17. The second-order valence-corrected chi connectivity index (χ2v) is 9.20. The first-order valence-corrected chi connectivity index (χ1v) is 10.1. The van der Waals surface area contributed by atoms with Crippen molar-refractivity contribution in [3.63, 3.8) is 0 Å². The Labute approximate surface area is 175 Å². The van der Waals surface area contributed by atoms with E-state index in [1.165, 1.54) is 10.7 Å². The Morgan fingerprint density at radius 1 is 1.24 bits per heavy atom. The fraction of sp³-hybridized carbons (Fsp3) is 0.200. The van der Waals surface area contributed by atoms with Crippen molar-refractivity contribution in [2.45, 2.75) is 26.2 Å². The highest BCUT2D eigenvalue weighted by Gasteiger charge is 2.19. The molecule has 9 heteroatoms. The topological polar surface area (TPSA) is 92.2 Å². The molecule has 7 nitrogen and oxygen atoms in total. The van der Waals surface area contributed by atoms with Crippen molar-refractivity contribution in [1.82, 2.24) is 19.6 Å². The maximum absolute atomic E-state index is 12.4. The predicted molar refractivity (Wildman–Crippen MR) is 115 cm³/mol. The van der Waals surface area contributed by atoms with E-state index >= 15 is 0 Å². The lowest BCUT2D eigenvalue weighted by Crippen LogP contribution is -2.22. The molecule has 2 N–H and O–H groups in total. The summed E-state index contributed by atoms with van der Waals surface area (Å²) >= 11 is 6.90. The van der Waals surface area contributed by atoms with E-state index in [2.05, 4.69) is 15.4 Å². The fourth-order valence-electron chi connectivity index (χ4n) is 2.86. The number of hydrogen-bond donors (Lipinski definition) is 2. The molecule has 0 bridgehead atoms. The number of hydrogen-bond acceptors (Lipinski definition) is 5. The second-order valence-electron chi connectivity index (χ2n) is 7.58. The quantitative estimate of drug-likeness (QED) is 0.508. The number of rotatable bonds is 3. The number of benzene rings is 1. The van der Waals surface area contributed by atoms with Gasteiger partial charge in [-0.2, -0.15) is 0 Å². The van der Waals surface area contributed by atoms with Gasteiger partial charge in [0.25, 0.3) is 11.5 Å². The summed E-state index contributed by atoms with van der Waals surface area (Å²) in [5.41, 5.74) is 3.23. The summed E-state index contributed by atoms with van der Waals surface area (Å²) in [6.45, 7) is 6.06. The van der Waals surface area contributed by atoms with Gasteiger partial charge in [-0.1, -0.05) is 55.8 Å². The minimum atomic E-state index is -0.266. The molecule has 0 saturated heterocycles. The van der Waals surface area contributed by atoms with Crippen LogP contribution in [-0.2, 0) is 5.41 Å². The number of amides is 1. The average Bonchev–Trinajstić information content (AvgIpc) is 3.28. The number of H-pyrrole nitrogens is 1. The van der Waals surface area contributed by atoms with Gasteiger partial charge in [0.1, 0.15) is 4.88 Å². The molecule has 0 aliphatic heterocycles. The van der Waals surface area contributed by atoms with E-state index in [9.17, 15) is 9.59 Å². The molecule has 0 saturated carbocycles. The maximum atomic E-state index is 12.4. The molecule has 1 amide bonds. The number of nitrogens with zero attached hydrogens (tertiary/aromatic N) is 3. The molecule has 3 heterocycles. The first kappa shape index (κ1) is 19.4. The van der Waals surface area contributed by atoms with Crippen LogP contribution >= 0.6 is 22.9 Å². The first-order valence-electron chi connectivity index (χ1n) is 8.87. The molecule has 148 valence electrons. The van der Waals surface area contributed by atoms with Gasteiger partial charge in [0, 0.05) is 28.9 Å². The van der Waals surface area contributed by atoms with Gasteiger partial charge >= 0.3 is 0 Å². The Morgan fingerprint density at radius 3 is 2.59 bits per heavy atom. The summed E-state index contributed by atoms with van der Waals surface area (Å²) in [5.74, 6) is -0.266. The van der Waals surface area contributed by atoms with Crippen molar-refractivity contribution in [1.29, 1.82) is 0 Å². The SMILES string of the molecule is CC(C)(C)c1cc(=O)n2[nH]cc(-c3ccc(NC(=O)c4cnc(Cl)s4)cc3)c2n1. The van der Waals surface area contributed by atoms with E-state index in [0.29, 0.717) is 20.7 Å². The summed E-state index contributed by atoms with van der Waals surface area (Å²) in [6, 6.07) is 8.89. The van der Waals surface area contributed by atoms with Crippen LogP contribution in [0, 0.1) is 0 Å². The maximum Gasteiger partial charge on any atom is 0.272 e. The van der Waals surface area contributed by atoms with E-state index in [1.807, 2.05) is 32.9 Å². The molecule has 0 aliphatic rings. The molecule has 29 heavy (non-hydrogen) atoms. The van der Waals surface area contributed by atoms with E-state index in [-0.39, 0.29) is 16.9 Å². The van der Waals surface area contributed by atoms with Crippen LogP contribution in [0.25, 0.3) is 16.8 Å². The van der Waals surface area contributed by atoms with E-state index < -0.39 is 0 Å². The van der Waals surface area contributed by atoms with Gasteiger partial charge in [0.15, 0.2) is 10.1 Å². The summed E-state index contributed by atoms with van der Waals surface area (Å²) in [5, 5.41) is 5.77. The Kier molecular flexibility index (Phi) is 4.76. The lowest BCUT2D eigenvalue weighted by molar-refractivity contribution is 0.103.